The zero-order valence-electron chi connectivity index (χ0n) is 20.8. The molecule has 5 unspecified atom stereocenters. The van der Waals surface area contributed by atoms with E-state index >= 15 is 0 Å². The van der Waals surface area contributed by atoms with Crippen molar-refractivity contribution in [2.75, 3.05) is 0 Å². The molecule has 1 aromatic carbocycles. The van der Waals surface area contributed by atoms with Crippen molar-refractivity contribution in [3.8, 4) is 0 Å². The van der Waals surface area contributed by atoms with Gasteiger partial charge in [0.15, 0.2) is 6.04 Å². The van der Waals surface area contributed by atoms with Crippen LogP contribution in [-0.2, 0) is 30.4 Å². The number of nitrogens with two attached hydrogens (primary N) is 2. The van der Waals surface area contributed by atoms with Gasteiger partial charge in [-0.25, -0.2) is 4.79 Å². The molecule has 200 valence electrons. The van der Waals surface area contributed by atoms with Gasteiger partial charge in [-0.15, -0.1) is 0 Å². The summed E-state index contributed by atoms with van der Waals surface area (Å²) in [4.78, 5) is 61.1. The third kappa shape index (κ3) is 10.8. The number of hydrogen-bond donors (Lipinski definition) is 7. The lowest BCUT2D eigenvalue weighted by Crippen LogP contribution is -2.58. The van der Waals surface area contributed by atoms with Crippen molar-refractivity contribution in [3.63, 3.8) is 0 Å². The molecule has 12 heteroatoms. The molecule has 1 rings (SSSR count). The summed E-state index contributed by atoms with van der Waals surface area (Å²) in [5.74, 6) is -4.42. The maximum absolute atomic E-state index is 13.1. The summed E-state index contributed by atoms with van der Waals surface area (Å²) in [5, 5.41) is 26.1. The highest BCUT2D eigenvalue weighted by Crippen LogP contribution is 2.09. The summed E-state index contributed by atoms with van der Waals surface area (Å²) in [6, 6.07) is 4.18. The molecule has 0 saturated heterocycles. The van der Waals surface area contributed by atoms with Crippen LogP contribution in [0, 0.1) is 5.92 Å². The number of carboxylic acids is 1. The Bertz CT molecular complexity index is 907. The van der Waals surface area contributed by atoms with Gasteiger partial charge in [0.25, 0.3) is 0 Å². The molecule has 0 aromatic heterocycles. The van der Waals surface area contributed by atoms with Crippen molar-refractivity contribution in [3.05, 3.63) is 35.9 Å². The minimum Gasteiger partial charge on any atom is -0.480 e. The lowest BCUT2D eigenvalue weighted by Gasteiger charge is -2.26. The first-order chi connectivity index (χ1) is 16.8. The molecule has 1 aromatic rings. The van der Waals surface area contributed by atoms with Crippen LogP contribution in [0.25, 0.3) is 0 Å². The number of rotatable bonds is 15. The van der Waals surface area contributed by atoms with Crippen molar-refractivity contribution in [2.24, 2.45) is 17.4 Å². The second-order valence-electron chi connectivity index (χ2n) is 9.12. The highest BCUT2D eigenvalue weighted by molar-refractivity contribution is 5.94. The van der Waals surface area contributed by atoms with Gasteiger partial charge in [0.1, 0.15) is 12.1 Å². The van der Waals surface area contributed by atoms with E-state index in [1.807, 2.05) is 44.2 Å². The zero-order chi connectivity index (χ0) is 27.4. The van der Waals surface area contributed by atoms with E-state index in [1.54, 1.807) is 0 Å². The Morgan fingerprint density at radius 1 is 0.889 bits per heavy atom. The van der Waals surface area contributed by atoms with E-state index in [0.29, 0.717) is 0 Å². The van der Waals surface area contributed by atoms with Gasteiger partial charge < -0.3 is 37.6 Å². The summed E-state index contributed by atoms with van der Waals surface area (Å²) in [6.07, 6.45) is -1.42. The number of hydrogen-bond acceptors (Lipinski definition) is 7. The van der Waals surface area contributed by atoms with Crippen LogP contribution in [0.5, 0.6) is 0 Å². The van der Waals surface area contributed by atoms with Gasteiger partial charge in [-0.05, 0) is 37.7 Å². The molecular weight excluding hydrogens is 470 g/mol. The third-order valence-electron chi connectivity index (χ3n) is 5.33. The molecular formula is C24H37N5O7. The van der Waals surface area contributed by atoms with E-state index in [9.17, 15) is 34.2 Å². The molecule has 9 N–H and O–H groups in total. The van der Waals surface area contributed by atoms with Gasteiger partial charge in [0.05, 0.1) is 12.1 Å². The Morgan fingerprint density at radius 3 is 1.94 bits per heavy atom. The number of carbonyl (C=O) groups excluding carboxylic acids is 4. The maximum Gasteiger partial charge on any atom is 0.328 e. The second kappa shape index (κ2) is 14.8. The average molecular weight is 508 g/mol. The monoisotopic (exact) mass is 507 g/mol. The zero-order valence-corrected chi connectivity index (χ0v) is 20.8. The van der Waals surface area contributed by atoms with Crippen molar-refractivity contribution < 1.29 is 34.2 Å². The van der Waals surface area contributed by atoms with Crippen LogP contribution in [0.4, 0.5) is 0 Å². The van der Waals surface area contributed by atoms with Crippen LogP contribution in [0.3, 0.4) is 0 Å². The molecule has 0 spiro atoms. The Morgan fingerprint density at radius 2 is 1.44 bits per heavy atom. The number of amides is 4. The van der Waals surface area contributed by atoms with Gasteiger partial charge in [-0.3, -0.25) is 19.2 Å². The third-order valence-corrected chi connectivity index (χ3v) is 5.33. The summed E-state index contributed by atoms with van der Waals surface area (Å²) >= 11 is 0. The first-order valence-electron chi connectivity index (χ1n) is 11.7. The van der Waals surface area contributed by atoms with Crippen molar-refractivity contribution in [2.45, 2.75) is 76.7 Å². The van der Waals surface area contributed by atoms with E-state index < -0.39 is 59.9 Å². The number of carboxylic acid groups (broad SMARTS) is 1. The van der Waals surface area contributed by atoms with E-state index in [0.717, 1.165) is 5.56 Å². The van der Waals surface area contributed by atoms with E-state index in [1.165, 1.54) is 6.92 Å². The molecule has 0 saturated carbocycles. The van der Waals surface area contributed by atoms with Crippen molar-refractivity contribution in [1.82, 2.24) is 16.0 Å². The maximum atomic E-state index is 13.1. The van der Waals surface area contributed by atoms with Crippen LogP contribution in [0.15, 0.2) is 30.3 Å². The highest BCUT2D eigenvalue weighted by atomic mass is 16.4. The lowest BCUT2D eigenvalue weighted by molar-refractivity contribution is -0.145. The molecule has 0 aliphatic rings. The van der Waals surface area contributed by atoms with E-state index in [-0.39, 0.29) is 31.6 Å². The fourth-order valence-electron chi connectivity index (χ4n) is 3.41. The minimum absolute atomic E-state index is 0.0177. The molecule has 0 aliphatic carbocycles. The predicted octanol–water partition coefficient (Wildman–Crippen LogP) is -1.21. The summed E-state index contributed by atoms with van der Waals surface area (Å²) < 4.78 is 0. The fraction of sp³-hybridized carbons (Fsp3) is 0.542. The molecule has 0 radical (unpaired) electrons. The fourth-order valence-corrected chi connectivity index (χ4v) is 3.41. The van der Waals surface area contributed by atoms with Crippen LogP contribution in [0.2, 0.25) is 0 Å². The van der Waals surface area contributed by atoms with Gasteiger partial charge in [0, 0.05) is 6.42 Å². The normalized spacial score (nSPS) is 15.2. The van der Waals surface area contributed by atoms with Crippen LogP contribution >= 0.6 is 0 Å². The molecule has 0 bridgehead atoms. The number of carbonyl (C=O) groups is 5. The smallest absolute Gasteiger partial charge is 0.328 e. The number of primary amides is 1. The summed E-state index contributed by atoms with van der Waals surface area (Å²) in [7, 11) is 0. The van der Waals surface area contributed by atoms with Crippen LogP contribution < -0.4 is 27.4 Å². The Hall–Kier alpha value is -3.51. The van der Waals surface area contributed by atoms with Gasteiger partial charge in [-0.1, -0.05) is 44.2 Å². The topological polar surface area (TPSA) is 214 Å². The van der Waals surface area contributed by atoms with Crippen molar-refractivity contribution in [1.29, 1.82) is 0 Å². The molecule has 0 aliphatic heterocycles. The first kappa shape index (κ1) is 30.5. The molecule has 4 amide bonds. The van der Waals surface area contributed by atoms with Gasteiger partial charge in [0.2, 0.25) is 23.6 Å². The standard InChI is InChI=1S/C24H37N5O7/c1-13(2)11-18(28-21(32)16(25)12-15-7-5-4-6-8-15)23(34)27-17(9-10-19(26)31)22(33)29-20(14(3)30)24(35)36/h4-8,13-14,16-18,20,30H,9-12,25H2,1-3H3,(H2,26,31)(H,27,34)(H,28,32)(H,29,33)(H,35,36). The van der Waals surface area contributed by atoms with E-state index in [2.05, 4.69) is 16.0 Å². The Kier molecular flexibility index (Phi) is 12.5. The van der Waals surface area contributed by atoms with Crippen molar-refractivity contribution >= 4 is 29.6 Å². The van der Waals surface area contributed by atoms with Crippen LogP contribution in [-0.4, -0.2) is 70.1 Å². The quantitative estimate of drug-likeness (QED) is 0.152. The number of benzene rings is 1. The minimum atomic E-state index is -1.63. The molecule has 0 fully saturated rings. The predicted molar refractivity (Wildman–Crippen MR) is 131 cm³/mol. The number of aliphatic hydroxyl groups is 1. The summed E-state index contributed by atoms with van der Waals surface area (Å²) in [6.45, 7) is 4.87. The first-order valence-corrected chi connectivity index (χ1v) is 11.7. The van der Waals surface area contributed by atoms with Gasteiger partial charge in [-0.2, -0.15) is 0 Å². The number of aliphatic hydroxyl groups excluding tert-OH is 1. The van der Waals surface area contributed by atoms with Gasteiger partial charge >= 0.3 is 5.97 Å². The molecule has 0 heterocycles. The largest absolute Gasteiger partial charge is 0.480 e. The summed E-state index contributed by atoms with van der Waals surface area (Å²) in [5.41, 5.74) is 12.0. The molecule has 36 heavy (non-hydrogen) atoms. The lowest BCUT2D eigenvalue weighted by atomic mass is 10.0. The average Bonchev–Trinajstić information content (AvgIpc) is 2.79. The number of aliphatic carboxylic acids is 1. The Balaban J connectivity index is 2.99. The highest BCUT2D eigenvalue weighted by Gasteiger charge is 2.32. The Labute approximate surface area is 210 Å². The number of nitrogens with one attached hydrogen (secondary N) is 3. The SMILES string of the molecule is CC(C)CC(NC(=O)C(N)Cc1ccccc1)C(=O)NC(CCC(N)=O)C(=O)NC(C(=O)O)C(C)O. The molecule has 5 atom stereocenters. The molecule has 12 nitrogen and oxygen atoms in total. The second-order valence-corrected chi connectivity index (χ2v) is 9.12. The van der Waals surface area contributed by atoms with E-state index in [4.69, 9.17) is 11.5 Å². The van der Waals surface area contributed by atoms with Crippen LogP contribution in [0.1, 0.15) is 45.6 Å².